The number of aromatic amines is 1. The Bertz CT molecular complexity index is 1370. The van der Waals surface area contributed by atoms with Crippen LogP contribution >= 0.6 is 0 Å². The molecule has 0 amide bonds. The highest BCUT2D eigenvalue weighted by atomic mass is 16.5. The number of nitrogens with one attached hydrogen (secondary N) is 1. The predicted molar refractivity (Wildman–Crippen MR) is 128 cm³/mol. The van der Waals surface area contributed by atoms with Crippen LogP contribution in [0.25, 0.3) is 0 Å². The molecule has 35 heavy (non-hydrogen) atoms. The molecule has 0 fully saturated rings. The van der Waals surface area contributed by atoms with Crippen molar-refractivity contribution in [3.63, 3.8) is 0 Å². The van der Waals surface area contributed by atoms with E-state index in [1.807, 2.05) is 36.4 Å². The Morgan fingerprint density at radius 2 is 1.94 bits per heavy atom. The number of nitrogens with two attached hydrogens (primary N) is 1. The van der Waals surface area contributed by atoms with Gasteiger partial charge in [0.05, 0.1) is 31.8 Å². The Hall–Kier alpha value is -4.58. The van der Waals surface area contributed by atoms with Crippen LogP contribution in [-0.2, 0) is 4.79 Å². The van der Waals surface area contributed by atoms with E-state index in [0.717, 1.165) is 5.56 Å². The summed E-state index contributed by atoms with van der Waals surface area (Å²) in [5.41, 5.74) is 9.82. The zero-order chi connectivity index (χ0) is 24.5. The minimum Gasteiger partial charge on any atom is -0.497 e. The molecule has 0 bridgehead atoms. The molecule has 3 aromatic rings. The van der Waals surface area contributed by atoms with Gasteiger partial charge in [-0.05, 0) is 24.0 Å². The number of allylic oxidation sites excluding steroid dienone is 3. The number of hydrogen-bond donors (Lipinski definition) is 2. The number of ether oxygens (including phenoxy) is 2. The van der Waals surface area contributed by atoms with Gasteiger partial charge in [-0.3, -0.25) is 9.69 Å². The SMILES string of the molecule is COc1ccc(C2C(C#N)=C(N)N(c3ncn[nH]3)C3=C2C(=O)CC(c2ccccc2)C3)c(OC)c1. The zero-order valence-corrected chi connectivity index (χ0v) is 19.4. The summed E-state index contributed by atoms with van der Waals surface area (Å²) in [6.07, 6.45) is 2.23. The number of H-pyrrole nitrogens is 1. The van der Waals surface area contributed by atoms with Crippen molar-refractivity contribution in [1.29, 1.82) is 5.26 Å². The van der Waals surface area contributed by atoms with Gasteiger partial charge in [0.1, 0.15) is 23.6 Å². The number of ketones is 1. The number of rotatable bonds is 5. The number of anilines is 1. The standard InChI is InChI=1S/C26H24N6O3/c1-34-17-8-9-18(22(12-17)35-2)23-19(13-27)25(28)32(26-29-14-30-31-26)20-10-16(11-21(33)24(20)23)15-6-4-3-5-7-15/h3-9,12,14,16,23H,10-11,28H2,1-2H3,(H,29,30,31). The molecule has 1 aromatic heterocycles. The van der Waals surface area contributed by atoms with Crippen LogP contribution in [0, 0.1) is 11.3 Å². The van der Waals surface area contributed by atoms with Gasteiger partial charge >= 0.3 is 0 Å². The van der Waals surface area contributed by atoms with E-state index < -0.39 is 5.92 Å². The Kier molecular flexibility index (Phi) is 5.71. The van der Waals surface area contributed by atoms with Crippen LogP contribution in [0.4, 0.5) is 5.95 Å². The van der Waals surface area contributed by atoms with Gasteiger partial charge < -0.3 is 15.2 Å². The second kappa shape index (κ2) is 8.99. The van der Waals surface area contributed by atoms with Crippen molar-refractivity contribution in [2.24, 2.45) is 5.73 Å². The number of methoxy groups -OCH3 is 2. The van der Waals surface area contributed by atoms with Gasteiger partial charge in [0.15, 0.2) is 5.78 Å². The minimum absolute atomic E-state index is 0.0391. The van der Waals surface area contributed by atoms with Gasteiger partial charge in [0, 0.05) is 29.3 Å². The minimum atomic E-state index is -0.681. The monoisotopic (exact) mass is 468 g/mol. The number of nitriles is 1. The summed E-state index contributed by atoms with van der Waals surface area (Å²) in [6.45, 7) is 0. The van der Waals surface area contributed by atoms with Crippen LogP contribution < -0.4 is 20.1 Å². The van der Waals surface area contributed by atoms with Gasteiger partial charge in [0.2, 0.25) is 5.95 Å². The lowest BCUT2D eigenvalue weighted by Gasteiger charge is -2.40. The van der Waals surface area contributed by atoms with Gasteiger partial charge in [-0.1, -0.05) is 36.4 Å². The smallest absolute Gasteiger partial charge is 0.231 e. The van der Waals surface area contributed by atoms with E-state index >= 15 is 0 Å². The molecule has 2 unspecified atom stereocenters. The lowest BCUT2D eigenvalue weighted by atomic mass is 9.71. The quantitative estimate of drug-likeness (QED) is 0.582. The largest absolute Gasteiger partial charge is 0.497 e. The van der Waals surface area contributed by atoms with Gasteiger partial charge in [-0.25, -0.2) is 5.10 Å². The van der Waals surface area contributed by atoms with Crippen LogP contribution in [0.1, 0.15) is 35.8 Å². The van der Waals surface area contributed by atoms with E-state index in [-0.39, 0.29) is 23.1 Å². The van der Waals surface area contributed by atoms with Crippen molar-refractivity contribution in [2.45, 2.75) is 24.7 Å². The number of Topliss-reactive ketones (excluding diaryl/α,β-unsaturated/α-hetero) is 1. The normalized spacial score (nSPS) is 19.9. The van der Waals surface area contributed by atoms with E-state index in [2.05, 4.69) is 21.3 Å². The average molecular weight is 469 g/mol. The highest BCUT2D eigenvalue weighted by molar-refractivity contribution is 6.01. The van der Waals surface area contributed by atoms with Crippen molar-refractivity contribution in [3.05, 3.63) is 88.6 Å². The van der Waals surface area contributed by atoms with Crippen LogP contribution in [0.15, 0.2) is 77.5 Å². The van der Waals surface area contributed by atoms with E-state index in [0.29, 0.717) is 47.1 Å². The third kappa shape index (κ3) is 3.69. The number of carbonyl (C=O) groups is 1. The van der Waals surface area contributed by atoms with Gasteiger partial charge in [-0.15, -0.1) is 0 Å². The fourth-order valence-corrected chi connectivity index (χ4v) is 5.01. The molecule has 2 atom stereocenters. The van der Waals surface area contributed by atoms with Gasteiger partial charge in [-0.2, -0.15) is 15.3 Å². The lowest BCUT2D eigenvalue weighted by molar-refractivity contribution is -0.116. The molecule has 0 spiro atoms. The summed E-state index contributed by atoms with van der Waals surface area (Å²) >= 11 is 0. The van der Waals surface area contributed by atoms with E-state index in [1.54, 1.807) is 31.3 Å². The van der Waals surface area contributed by atoms with Gasteiger partial charge in [0.25, 0.3) is 0 Å². The van der Waals surface area contributed by atoms with E-state index in [9.17, 15) is 10.1 Å². The van der Waals surface area contributed by atoms with Crippen molar-refractivity contribution in [2.75, 3.05) is 19.1 Å². The molecule has 3 N–H and O–H groups in total. The first-order valence-corrected chi connectivity index (χ1v) is 11.2. The topological polar surface area (TPSA) is 130 Å². The first kappa shape index (κ1) is 22.2. The molecule has 5 rings (SSSR count). The fourth-order valence-electron chi connectivity index (χ4n) is 5.01. The Morgan fingerprint density at radius 3 is 2.60 bits per heavy atom. The summed E-state index contributed by atoms with van der Waals surface area (Å²) in [5.74, 6) is 0.896. The molecule has 0 radical (unpaired) electrons. The molecular formula is C26H24N6O3. The highest BCUT2D eigenvalue weighted by Crippen LogP contribution is 2.50. The number of hydrogen-bond acceptors (Lipinski definition) is 8. The van der Waals surface area contributed by atoms with Crippen molar-refractivity contribution < 1.29 is 14.3 Å². The molecule has 1 aliphatic heterocycles. The number of carbonyl (C=O) groups excluding carboxylic acids is 1. The first-order chi connectivity index (χ1) is 17.1. The molecular weight excluding hydrogens is 444 g/mol. The van der Waals surface area contributed by atoms with Crippen molar-refractivity contribution >= 4 is 11.7 Å². The van der Waals surface area contributed by atoms with E-state index in [1.165, 1.54) is 6.33 Å². The molecule has 176 valence electrons. The molecule has 2 aromatic carbocycles. The second-order valence-corrected chi connectivity index (χ2v) is 8.40. The van der Waals surface area contributed by atoms with Crippen LogP contribution in [0.2, 0.25) is 0 Å². The Balaban J connectivity index is 1.73. The average Bonchev–Trinajstić information content (AvgIpc) is 3.42. The van der Waals surface area contributed by atoms with Crippen LogP contribution in [0.5, 0.6) is 11.5 Å². The van der Waals surface area contributed by atoms with E-state index in [4.69, 9.17) is 15.2 Å². The van der Waals surface area contributed by atoms with Crippen molar-refractivity contribution in [3.8, 4) is 17.6 Å². The number of nitrogens with zero attached hydrogens (tertiary/aromatic N) is 4. The Morgan fingerprint density at radius 1 is 1.14 bits per heavy atom. The Labute approximate surface area is 202 Å². The molecule has 1 aliphatic carbocycles. The maximum absolute atomic E-state index is 13.8. The molecule has 2 aliphatic rings. The third-order valence-corrected chi connectivity index (χ3v) is 6.60. The second-order valence-electron chi connectivity index (χ2n) is 8.40. The molecule has 0 saturated heterocycles. The highest BCUT2D eigenvalue weighted by Gasteiger charge is 2.44. The summed E-state index contributed by atoms with van der Waals surface area (Å²) < 4.78 is 11.0. The third-order valence-electron chi connectivity index (χ3n) is 6.60. The summed E-state index contributed by atoms with van der Waals surface area (Å²) in [6, 6.07) is 17.5. The number of aromatic nitrogens is 3. The van der Waals surface area contributed by atoms with Crippen LogP contribution in [0.3, 0.4) is 0 Å². The molecule has 9 heteroatoms. The summed E-state index contributed by atoms with van der Waals surface area (Å²) in [7, 11) is 3.11. The van der Waals surface area contributed by atoms with Crippen molar-refractivity contribution in [1.82, 2.24) is 15.2 Å². The molecule has 9 nitrogen and oxygen atoms in total. The van der Waals surface area contributed by atoms with Crippen LogP contribution in [-0.4, -0.2) is 35.2 Å². The summed E-state index contributed by atoms with van der Waals surface area (Å²) in [4.78, 5) is 19.8. The fraction of sp³-hybridized carbons (Fsp3) is 0.231. The zero-order valence-electron chi connectivity index (χ0n) is 19.4. The first-order valence-electron chi connectivity index (χ1n) is 11.2. The molecule has 2 heterocycles. The molecule has 0 saturated carbocycles. The maximum Gasteiger partial charge on any atom is 0.231 e. The maximum atomic E-state index is 13.8. The predicted octanol–water partition coefficient (Wildman–Crippen LogP) is 3.52. The number of benzene rings is 2. The summed E-state index contributed by atoms with van der Waals surface area (Å²) in [5, 5.41) is 17.0. The lowest BCUT2D eigenvalue weighted by Crippen LogP contribution is -2.40.